The van der Waals surface area contributed by atoms with Crippen LogP contribution in [0.25, 0.3) is 11.1 Å². The van der Waals surface area contributed by atoms with Crippen molar-refractivity contribution in [2.75, 3.05) is 6.61 Å². The van der Waals surface area contributed by atoms with E-state index in [9.17, 15) is 5.26 Å². The summed E-state index contributed by atoms with van der Waals surface area (Å²) in [4.78, 5) is 0. The third-order valence-corrected chi connectivity index (χ3v) is 8.58. The predicted molar refractivity (Wildman–Crippen MR) is 159 cm³/mol. The highest BCUT2D eigenvalue weighted by Crippen LogP contribution is 2.47. The highest BCUT2D eigenvalue weighted by Gasteiger charge is 2.36. The van der Waals surface area contributed by atoms with Crippen molar-refractivity contribution in [2.24, 2.45) is 5.41 Å². The lowest BCUT2D eigenvalue weighted by Gasteiger charge is -2.36. The summed E-state index contributed by atoms with van der Waals surface area (Å²) in [5, 5.41) is 19.0. The monoisotopic (exact) mass is 517 g/mol. The average molecular weight is 518 g/mol. The molecule has 0 amide bonds. The lowest BCUT2D eigenvalue weighted by Crippen LogP contribution is -2.26. The predicted octanol–water partition coefficient (Wildman–Crippen LogP) is 9.98. The Hall–Kier alpha value is -2.31. The SMILES string of the molecule is CCCC(CC)Oc1ccc(-c2ccc(C3CCCC(C#N)(CCCCCCCCCCO)C3)cc2)cc1. The van der Waals surface area contributed by atoms with Crippen molar-refractivity contribution in [2.45, 2.75) is 129 Å². The molecule has 0 heterocycles. The summed E-state index contributed by atoms with van der Waals surface area (Å²) in [6.07, 6.45) is 18.6. The molecule has 3 heteroatoms. The fraction of sp³-hybridized carbons (Fsp3) is 0.629. The molecule has 0 aromatic heterocycles. The molecule has 3 unspecified atom stereocenters. The number of aliphatic hydroxyl groups is 1. The van der Waals surface area contributed by atoms with Crippen LogP contribution in [0, 0.1) is 16.7 Å². The maximum Gasteiger partial charge on any atom is 0.119 e. The molecule has 0 aliphatic heterocycles. The summed E-state index contributed by atoms with van der Waals surface area (Å²) < 4.78 is 6.15. The number of ether oxygens (including phenoxy) is 1. The molecule has 3 nitrogen and oxygen atoms in total. The van der Waals surface area contributed by atoms with Crippen LogP contribution >= 0.6 is 0 Å². The summed E-state index contributed by atoms with van der Waals surface area (Å²) in [6, 6.07) is 20.4. The second kappa shape index (κ2) is 16.6. The molecule has 1 N–H and O–H groups in total. The second-order valence-corrected chi connectivity index (χ2v) is 11.6. The number of nitriles is 1. The standard InChI is InChI=1S/C35H51NO2/c1-3-14-33(4-2)38-34-22-20-30(21-23-34)29-16-18-31(19-17-29)32-15-13-25-35(27-32,28-36)24-11-9-7-5-6-8-10-12-26-37/h16-23,32-33,37H,3-15,24-27H2,1-2H3. The zero-order valence-corrected chi connectivity index (χ0v) is 24.1. The van der Waals surface area contributed by atoms with Crippen LogP contribution in [-0.2, 0) is 0 Å². The second-order valence-electron chi connectivity index (χ2n) is 11.6. The van der Waals surface area contributed by atoms with Crippen molar-refractivity contribution >= 4 is 0 Å². The number of unbranched alkanes of at least 4 members (excludes halogenated alkanes) is 7. The van der Waals surface area contributed by atoms with Gasteiger partial charge in [0, 0.05) is 6.61 Å². The summed E-state index contributed by atoms with van der Waals surface area (Å²) >= 11 is 0. The third kappa shape index (κ3) is 9.46. The van der Waals surface area contributed by atoms with Gasteiger partial charge in [-0.2, -0.15) is 5.26 Å². The van der Waals surface area contributed by atoms with E-state index >= 15 is 0 Å². The lowest BCUT2D eigenvalue weighted by atomic mass is 9.66. The number of hydrogen-bond acceptors (Lipinski definition) is 3. The quantitative estimate of drug-likeness (QED) is 0.212. The van der Waals surface area contributed by atoms with E-state index in [1.807, 2.05) is 0 Å². The Morgan fingerprint density at radius 2 is 1.50 bits per heavy atom. The van der Waals surface area contributed by atoms with Gasteiger partial charge in [-0.15, -0.1) is 0 Å². The Morgan fingerprint density at radius 1 is 0.895 bits per heavy atom. The van der Waals surface area contributed by atoms with Crippen molar-refractivity contribution < 1.29 is 9.84 Å². The van der Waals surface area contributed by atoms with E-state index in [0.717, 1.165) is 63.5 Å². The van der Waals surface area contributed by atoms with E-state index in [0.29, 0.717) is 18.6 Å². The van der Waals surface area contributed by atoms with E-state index in [4.69, 9.17) is 9.84 Å². The summed E-state index contributed by atoms with van der Waals surface area (Å²) in [6.45, 7) is 4.72. The molecule has 0 radical (unpaired) electrons. The van der Waals surface area contributed by atoms with Gasteiger partial charge in [0.1, 0.15) is 5.75 Å². The zero-order chi connectivity index (χ0) is 27.1. The Labute approximate surface area is 232 Å². The number of nitrogens with zero attached hydrogens (tertiary/aromatic N) is 1. The minimum Gasteiger partial charge on any atom is -0.490 e. The van der Waals surface area contributed by atoms with Gasteiger partial charge < -0.3 is 9.84 Å². The van der Waals surface area contributed by atoms with E-state index < -0.39 is 0 Å². The first-order valence-electron chi connectivity index (χ1n) is 15.5. The first-order chi connectivity index (χ1) is 18.6. The van der Waals surface area contributed by atoms with Crippen molar-refractivity contribution in [3.63, 3.8) is 0 Å². The molecule has 1 fully saturated rings. The zero-order valence-electron chi connectivity index (χ0n) is 24.1. The number of hydrogen-bond donors (Lipinski definition) is 1. The Kier molecular flexibility index (Phi) is 13.2. The first kappa shape index (κ1) is 30.2. The molecule has 1 aliphatic carbocycles. The van der Waals surface area contributed by atoms with Gasteiger partial charge in [0.15, 0.2) is 0 Å². The van der Waals surface area contributed by atoms with E-state index in [-0.39, 0.29) is 5.41 Å². The maximum atomic E-state index is 10.2. The van der Waals surface area contributed by atoms with Crippen LogP contribution in [0.5, 0.6) is 5.75 Å². The van der Waals surface area contributed by atoms with Crippen molar-refractivity contribution in [3.05, 3.63) is 54.1 Å². The van der Waals surface area contributed by atoms with Gasteiger partial charge in [-0.25, -0.2) is 0 Å². The van der Waals surface area contributed by atoms with Gasteiger partial charge in [0.25, 0.3) is 0 Å². The van der Waals surface area contributed by atoms with E-state index in [1.54, 1.807) is 0 Å². The molecule has 2 aromatic rings. The molecule has 0 spiro atoms. The smallest absolute Gasteiger partial charge is 0.119 e. The van der Waals surface area contributed by atoms with Crippen LogP contribution in [0.4, 0.5) is 0 Å². The van der Waals surface area contributed by atoms with Crippen molar-refractivity contribution in [3.8, 4) is 22.9 Å². The molecule has 208 valence electrons. The van der Waals surface area contributed by atoms with Crippen LogP contribution < -0.4 is 4.74 Å². The number of aliphatic hydroxyl groups excluding tert-OH is 1. The van der Waals surface area contributed by atoms with Crippen LogP contribution in [0.2, 0.25) is 0 Å². The summed E-state index contributed by atoms with van der Waals surface area (Å²) in [5.74, 6) is 1.45. The molecule has 1 aliphatic rings. The van der Waals surface area contributed by atoms with Gasteiger partial charge >= 0.3 is 0 Å². The first-order valence-corrected chi connectivity index (χ1v) is 15.5. The molecule has 0 saturated heterocycles. The topological polar surface area (TPSA) is 53.2 Å². The number of rotatable bonds is 17. The van der Waals surface area contributed by atoms with Gasteiger partial charge in [0.2, 0.25) is 0 Å². The minimum atomic E-state index is -0.146. The Bertz CT molecular complexity index is 945. The summed E-state index contributed by atoms with van der Waals surface area (Å²) in [5.41, 5.74) is 3.70. The highest BCUT2D eigenvalue weighted by atomic mass is 16.5. The van der Waals surface area contributed by atoms with Crippen molar-refractivity contribution in [1.29, 1.82) is 5.26 Å². The minimum absolute atomic E-state index is 0.146. The van der Waals surface area contributed by atoms with Crippen molar-refractivity contribution in [1.82, 2.24) is 0 Å². The van der Waals surface area contributed by atoms with Gasteiger partial charge in [-0.1, -0.05) is 108 Å². The lowest BCUT2D eigenvalue weighted by molar-refractivity contribution is 0.186. The van der Waals surface area contributed by atoms with Crippen LogP contribution in [0.3, 0.4) is 0 Å². The summed E-state index contributed by atoms with van der Waals surface area (Å²) in [7, 11) is 0. The van der Waals surface area contributed by atoms with Gasteiger partial charge in [-0.05, 0) is 79.7 Å². The van der Waals surface area contributed by atoms with Gasteiger partial charge in [-0.3, -0.25) is 0 Å². The molecule has 3 atom stereocenters. The molecule has 0 bridgehead atoms. The van der Waals surface area contributed by atoms with Crippen LogP contribution in [0.15, 0.2) is 48.5 Å². The highest BCUT2D eigenvalue weighted by molar-refractivity contribution is 5.64. The molecule has 3 rings (SSSR count). The molecule has 38 heavy (non-hydrogen) atoms. The molecular formula is C35H51NO2. The number of benzene rings is 2. The maximum absolute atomic E-state index is 10.2. The molecular weight excluding hydrogens is 466 g/mol. The molecule has 2 aromatic carbocycles. The normalized spacial score (nSPS) is 20.1. The van der Waals surface area contributed by atoms with Crippen LogP contribution in [-0.4, -0.2) is 17.8 Å². The average Bonchev–Trinajstić information content (AvgIpc) is 2.96. The van der Waals surface area contributed by atoms with Crippen LogP contribution in [0.1, 0.15) is 128 Å². The Morgan fingerprint density at radius 3 is 2.08 bits per heavy atom. The fourth-order valence-electron chi connectivity index (χ4n) is 6.20. The van der Waals surface area contributed by atoms with Gasteiger partial charge in [0.05, 0.1) is 17.6 Å². The molecule has 1 saturated carbocycles. The fourth-order valence-corrected chi connectivity index (χ4v) is 6.20. The van der Waals surface area contributed by atoms with E-state index in [2.05, 4.69) is 68.4 Å². The van der Waals surface area contributed by atoms with E-state index in [1.165, 1.54) is 61.6 Å². The third-order valence-electron chi connectivity index (χ3n) is 8.58. The Balaban J connectivity index is 1.50. The largest absolute Gasteiger partial charge is 0.490 e.